The minimum absolute atomic E-state index is 0.170. The third-order valence-corrected chi connectivity index (χ3v) is 7.66. The van der Waals surface area contributed by atoms with Crippen molar-refractivity contribution in [2.75, 3.05) is 6.61 Å². The van der Waals surface area contributed by atoms with Crippen molar-refractivity contribution in [1.82, 2.24) is 0 Å². The molecule has 0 spiro atoms. The zero-order chi connectivity index (χ0) is 29.7. The molecule has 0 amide bonds. The fraction of sp³-hybridized carbons (Fsp3) is 0.314. The van der Waals surface area contributed by atoms with Crippen LogP contribution >= 0.6 is 0 Å². The Bertz CT molecular complexity index is 1400. The first-order valence-corrected chi connectivity index (χ1v) is 14.5. The first kappa shape index (κ1) is 30.4. The first-order valence-electron chi connectivity index (χ1n) is 14.5. The van der Waals surface area contributed by atoms with E-state index in [1.54, 1.807) is 0 Å². The van der Waals surface area contributed by atoms with Crippen molar-refractivity contribution in [3.05, 3.63) is 154 Å². The van der Waals surface area contributed by atoms with Gasteiger partial charge in [0, 0.05) is 10.8 Å². The Labute approximate surface area is 252 Å². The molecule has 222 valence electrons. The van der Waals surface area contributed by atoms with Crippen LogP contribution in [0.4, 0.5) is 0 Å². The second-order valence-corrected chi connectivity index (χ2v) is 10.6. The minimum Gasteiger partial charge on any atom is -0.392 e. The van der Waals surface area contributed by atoms with E-state index in [1.807, 2.05) is 121 Å². The summed E-state index contributed by atoms with van der Waals surface area (Å²) in [7, 11) is 0. The topological polar surface area (TPSA) is 106 Å². The van der Waals surface area contributed by atoms with Gasteiger partial charge in [-0.25, -0.2) is 0 Å². The van der Waals surface area contributed by atoms with Crippen molar-refractivity contribution in [2.45, 2.75) is 56.9 Å². The van der Waals surface area contributed by atoms with E-state index in [1.165, 1.54) is 0 Å². The molecule has 0 unspecified atom stereocenters. The molecule has 8 nitrogen and oxygen atoms in total. The molecule has 1 N–H and O–H groups in total. The van der Waals surface area contributed by atoms with Crippen LogP contribution in [0.25, 0.3) is 10.4 Å². The fourth-order valence-corrected chi connectivity index (χ4v) is 5.44. The minimum atomic E-state index is -1.09. The van der Waals surface area contributed by atoms with Gasteiger partial charge in [0.2, 0.25) is 0 Å². The molecule has 1 aliphatic carbocycles. The van der Waals surface area contributed by atoms with Crippen LogP contribution in [-0.4, -0.2) is 42.2 Å². The lowest BCUT2D eigenvalue weighted by molar-refractivity contribution is -0.225. The Morgan fingerprint density at radius 2 is 0.953 bits per heavy atom. The number of hydrogen-bond acceptors (Lipinski definition) is 6. The molecule has 0 aromatic heterocycles. The third kappa shape index (κ3) is 8.52. The maximum absolute atomic E-state index is 11.7. The van der Waals surface area contributed by atoms with Gasteiger partial charge in [-0.05, 0) is 27.8 Å². The molecule has 0 radical (unpaired) electrons. The Hall–Kier alpha value is -4.01. The summed E-state index contributed by atoms with van der Waals surface area (Å²) in [6, 6.07) is 38.4. The van der Waals surface area contributed by atoms with Crippen LogP contribution in [-0.2, 0) is 45.4 Å². The Morgan fingerprint density at radius 1 is 0.558 bits per heavy atom. The van der Waals surface area contributed by atoms with Crippen LogP contribution in [0.3, 0.4) is 0 Å². The predicted octanol–water partition coefficient (Wildman–Crippen LogP) is 6.63. The van der Waals surface area contributed by atoms with Gasteiger partial charge >= 0.3 is 0 Å². The van der Waals surface area contributed by atoms with Crippen LogP contribution < -0.4 is 0 Å². The monoisotopic (exact) mass is 579 g/mol. The molecule has 1 fully saturated rings. The average molecular weight is 580 g/mol. The summed E-state index contributed by atoms with van der Waals surface area (Å²) in [5.41, 5.74) is 13.5. The van der Waals surface area contributed by atoms with E-state index in [0.717, 1.165) is 22.3 Å². The molecule has 1 aliphatic rings. The molecule has 0 aliphatic heterocycles. The highest BCUT2D eigenvalue weighted by molar-refractivity contribution is 5.17. The van der Waals surface area contributed by atoms with E-state index in [2.05, 4.69) is 10.0 Å². The van der Waals surface area contributed by atoms with Crippen LogP contribution in [0.15, 0.2) is 126 Å². The summed E-state index contributed by atoms with van der Waals surface area (Å²) < 4.78 is 25.8. The number of rotatable bonds is 14. The number of azide groups is 1. The lowest BCUT2D eigenvalue weighted by Gasteiger charge is -2.47. The van der Waals surface area contributed by atoms with Crippen molar-refractivity contribution < 1.29 is 24.1 Å². The summed E-state index contributed by atoms with van der Waals surface area (Å²) in [5, 5.41) is 15.8. The molecule has 4 aromatic carbocycles. The van der Waals surface area contributed by atoms with Crippen molar-refractivity contribution >= 4 is 0 Å². The van der Waals surface area contributed by atoms with Gasteiger partial charge in [-0.3, -0.25) is 0 Å². The Kier molecular flexibility index (Phi) is 11.3. The Morgan fingerprint density at radius 3 is 1.40 bits per heavy atom. The maximum atomic E-state index is 11.7. The van der Waals surface area contributed by atoms with E-state index in [-0.39, 0.29) is 13.2 Å². The number of aliphatic hydroxyl groups is 1. The molecule has 1 saturated carbocycles. The number of hydrogen-bond donors (Lipinski definition) is 1. The normalized spacial score (nSPS) is 23.4. The van der Waals surface area contributed by atoms with Crippen molar-refractivity contribution in [1.29, 1.82) is 0 Å². The fourth-order valence-electron chi connectivity index (χ4n) is 5.44. The van der Waals surface area contributed by atoms with Gasteiger partial charge in [0.05, 0.1) is 57.4 Å². The van der Waals surface area contributed by atoms with Gasteiger partial charge in [-0.15, -0.1) is 0 Å². The van der Waals surface area contributed by atoms with E-state index >= 15 is 0 Å². The van der Waals surface area contributed by atoms with E-state index in [9.17, 15) is 10.6 Å². The maximum Gasteiger partial charge on any atom is 0.111 e. The molecule has 0 saturated heterocycles. The quantitative estimate of drug-likeness (QED) is 0.103. The van der Waals surface area contributed by atoms with Crippen LogP contribution in [0.2, 0.25) is 0 Å². The molecular weight excluding hydrogens is 542 g/mol. The highest BCUT2D eigenvalue weighted by atomic mass is 16.6. The standard InChI is InChI=1S/C35H37N3O5/c36-38-37-31-32(39)30(25-40-21-26-13-5-1-6-14-26)33(41-22-27-15-7-2-8-16-27)35(43-24-29-19-11-4-12-20-29)34(31)42-23-28-17-9-3-10-18-28/h1-20,30-35,39H,21-25H2/t30-,31-,32+,33+,34-,35-/m0/s1. The number of aliphatic hydroxyl groups excluding tert-OH is 1. The molecule has 8 heteroatoms. The van der Waals surface area contributed by atoms with Crippen molar-refractivity contribution in [2.24, 2.45) is 11.0 Å². The molecule has 43 heavy (non-hydrogen) atoms. The average Bonchev–Trinajstić information content (AvgIpc) is 3.06. The number of benzene rings is 4. The van der Waals surface area contributed by atoms with Gasteiger partial charge in [0.1, 0.15) is 6.10 Å². The Balaban J connectivity index is 1.45. The molecule has 0 bridgehead atoms. The summed E-state index contributed by atoms with van der Waals surface area (Å²) in [5.74, 6) is -0.555. The van der Waals surface area contributed by atoms with Crippen molar-refractivity contribution in [3.8, 4) is 0 Å². The second-order valence-electron chi connectivity index (χ2n) is 10.6. The van der Waals surface area contributed by atoms with Gasteiger partial charge in [0.25, 0.3) is 0 Å². The largest absolute Gasteiger partial charge is 0.392 e. The predicted molar refractivity (Wildman–Crippen MR) is 164 cm³/mol. The molecule has 5 rings (SSSR count). The van der Waals surface area contributed by atoms with E-state index in [4.69, 9.17) is 18.9 Å². The third-order valence-electron chi connectivity index (χ3n) is 7.66. The number of ether oxygens (including phenoxy) is 4. The van der Waals surface area contributed by atoms with Crippen LogP contribution in [0.1, 0.15) is 22.3 Å². The lowest BCUT2D eigenvalue weighted by Crippen LogP contribution is -2.63. The number of nitrogens with zero attached hydrogens (tertiary/aromatic N) is 3. The van der Waals surface area contributed by atoms with Gasteiger partial charge in [0.15, 0.2) is 0 Å². The van der Waals surface area contributed by atoms with Crippen LogP contribution in [0, 0.1) is 5.92 Å². The van der Waals surface area contributed by atoms with Gasteiger partial charge in [-0.1, -0.05) is 126 Å². The summed E-state index contributed by atoms with van der Waals surface area (Å²) in [6.07, 6.45) is -3.16. The zero-order valence-corrected chi connectivity index (χ0v) is 24.0. The second kappa shape index (κ2) is 16.0. The highest BCUT2D eigenvalue weighted by Crippen LogP contribution is 2.36. The van der Waals surface area contributed by atoms with E-state index in [0.29, 0.717) is 19.8 Å². The smallest absolute Gasteiger partial charge is 0.111 e. The van der Waals surface area contributed by atoms with Crippen LogP contribution in [0.5, 0.6) is 0 Å². The summed E-state index contributed by atoms with van der Waals surface area (Å²) >= 11 is 0. The van der Waals surface area contributed by atoms with Gasteiger partial charge < -0.3 is 24.1 Å². The highest BCUT2D eigenvalue weighted by Gasteiger charge is 2.52. The summed E-state index contributed by atoms with van der Waals surface area (Å²) in [4.78, 5) is 3.10. The SMILES string of the molecule is [N-]=[N+]=N[C@H]1[C@H](O)[C@H](COCc2ccccc2)[C@@H](OCc2ccccc2)[C@H](OCc2ccccc2)[C@H]1OCc1ccccc1. The molecule has 6 atom stereocenters. The van der Waals surface area contributed by atoms with Crippen molar-refractivity contribution in [3.63, 3.8) is 0 Å². The lowest BCUT2D eigenvalue weighted by atomic mass is 9.77. The van der Waals surface area contributed by atoms with Gasteiger partial charge in [-0.2, -0.15) is 0 Å². The summed E-state index contributed by atoms with van der Waals surface area (Å²) in [6.45, 7) is 1.38. The molecule has 4 aromatic rings. The van der Waals surface area contributed by atoms with E-state index < -0.39 is 36.4 Å². The molecular formula is C35H37N3O5. The zero-order valence-electron chi connectivity index (χ0n) is 24.0. The first-order chi connectivity index (χ1) is 21.2. The molecule has 0 heterocycles.